The lowest BCUT2D eigenvalue weighted by atomic mass is 10.0. The number of ether oxygens (including phenoxy) is 1. The third kappa shape index (κ3) is 2.85. The standard InChI is InChI=1S/C11H15NO2/c1-12-10(8-11(13)14-2)9-6-4-3-5-7-9/h3-7,10,12H,8H2,1-2H3. The van der Waals surface area contributed by atoms with Crippen LogP contribution in [0.3, 0.4) is 0 Å². The first kappa shape index (κ1) is 10.7. The van der Waals surface area contributed by atoms with Crippen LogP contribution in [0.15, 0.2) is 30.3 Å². The second-order valence-electron chi connectivity index (χ2n) is 3.03. The fourth-order valence-corrected chi connectivity index (χ4v) is 1.32. The van der Waals surface area contributed by atoms with Crippen molar-refractivity contribution in [2.75, 3.05) is 14.2 Å². The topological polar surface area (TPSA) is 38.3 Å². The van der Waals surface area contributed by atoms with Crippen molar-refractivity contribution < 1.29 is 9.53 Å². The maximum atomic E-state index is 11.1. The summed E-state index contributed by atoms with van der Waals surface area (Å²) in [6, 6.07) is 9.87. The van der Waals surface area contributed by atoms with Gasteiger partial charge >= 0.3 is 5.97 Å². The number of benzene rings is 1. The number of hydrogen-bond donors (Lipinski definition) is 1. The van der Waals surface area contributed by atoms with Crippen molar-refractivity contribution in [2.45, 2.75) is 12.5 Å². The van der Waals surface area contributed by atoms with Crippen molar-refractivity contribution in [3.8, 4) is 0 Å². The van der Waals surface area contributed by atoms with E-state index >= 15 is 0 Å². The van der Waals surface area contributed by atoms with Crippen LogP contribution in [-0.4, -0.2) is 20.1 Å². The van der Waals surface area contributed by atoms with Crippen molar-refractivity contribution in [1.82, 2.24) is 5.32 Å². The molecule has 3 nitrogen and oxygen atoms in total. The summed E-state index contributed by atoms with van der Waals surface area (Å²) in [7, 11) is 3.24. The van der Waals surface area contributed by atoms with Crippen LogP contribution < -0.4 is 5.32 Å². The molecule has 0 radical (unpaired) electrons. The second-order valence-corrected chi connectivity index (χ2v) is 3.03. The Morgan fingerprint density at radius 3 is 2.57 bits per heavy atom. The van der Waals surface area contributed by atoms with Gasteiger partial charge in [0.15, 0.2) is 0 Å². The lowest BCUT2D eigenvalue weighted by molar-refractivity contribution is -0.141. The summed E-state index contributed by atoms with van der Waals surface area (Å²) in [5, 5.41) is 3.08. The van der Waals surface area contributed by atoms with Gasteiger partial charge in [-0.1, -0.05) is 30.3 Å². The number of nitrogens with one attached hydrogen (secondary N) is 1. The summed E-state index contributed by atoms with van der Waals surface area (Å²) < 4.78 is 4.63. The monoisotopic (exact) mass is 193 g/mol. The SMILES string of the molecule is CNC(CC(=O)OC)c1ccccc1. The van der Waals surface area contributed by atoms with E-state index in [1.807, 2.05) is 37.4 Å². The van der Waals surface area contributed by atoms with Crippen molar-refractivity contribution in [3.05, 3.63) is 35.9 Å². The van der Waals surface area contributed by atoms with Crippen LogP contribution in [0.4, 0.5) is 0 Å². The Kier molecular flexibility index (Phi) is 4.13. The molecule has 76 valence electrons. The highest BCUT2D eigenvalue weighted by Crippen LogP contribution is 2.15. The normalized spacial score (nSPS) is 12.1. The molecule has 0 aromatic heterocycles. The zero-order valence-corrected chi connectivity index (χ0v) is 8.49. The summed E-state index contributed by atoms with van der Waals surface area (Å²) in [6.07, 6.45) is 0.358. The van der Waals surface area contributed by atoms with Gasteiger partial charge < -0.3 is 10.1 Å². The minimum atomic E-state index is -0.201. The Balaban J connectivity index is 2.68. The van der Waals surface area contributed by atoms with E-state index in [0.717, 1.165) is 5.56 Å². The number of carbonyl (C=O) groups is 1. The van der Waals surface area contributed by atoms with E-state index in [1.165, 1.54) is 7.11 Å². The van der Waals surface area contributed by atoms with Crippen molar-refractivity contribution in [3.63, 3.8) is 0 Å². The molecule has 0 fully saturated rings. The highest BCUT2D eigenvalue weighted by molar-refractivity contribution is 5.70. The van der Waals surface area contributed by atoms with Gasteiger partial charge in [0.25, 0.3) is 0 Å². The summed E-state index contributed by atoms with van der Waals surface area (Å²) in [6.45, 7) is 0. The highest BCUT2D eigenvalue weighted by Gasteiger charge is 2.13. The smallest absolute Gasteiger partial charge is 0.307 e. The van der Waals surface area contributed by atoms with E-state index in [1.54, 1.807) is 0 Å². The molecule has 0 aliphatic carbocycles. The summed E-state index contributed by atoms with van der Waals surface area (Å²) >= 11 is 0. The maximum Gasteiger partial charge on any atom is 0.307 e. The Hall–Kier alpha value is -1.35. The first-order chi connectivity index (χ1) is 6.77. The zero-order chi connectivity index (χ0) is 10.4. The molecular weight excluding hydrogens is 178 g/mol. The molecule has 0 heterocycles. The summed E-state index contributed by atoms with van der Waals surface area (Å²) in [4.78, 5) is 11.1. The summed E-state index contributed by atoms with van der Waals surface area (Å²) in [5.41, 5.74) is 1.10. The molecule has 0 amide bonds. The Labute approximate surface area is 84.1 Å². The van der Waals surface area contributed by atoms with Crippen LogP contribution in [-0.2, 0) is 9.53 Å². The molecule has 1 atom stereocenters. The molecule has 0 aliphatic rings. The number of esters is 1. The molecular formula is C11H15NO2. The molecule has 0 spiro atoms. The van der Waals surface area contributed by atoms with Crippen molar-refractivity contribution in [2.24, 2.45) is 0 Å². The molecule has 1 aromatic rings. The van der Waals surface area contributed by atoms with Gasteiger partial charge in [-0.3, -0.25) is 4.79 Å². The van der Waals surface area contributed by atoms with E-state index in [9.17, 15) is 4.79 Å². The largest absolute Gasteiger partial charge is 0.469 e. The number of hydrogen-bond acceptors (Lipinski definition) is 3. The molecule has 1 rings (SSSR count). The average molecular weight is 193 g/mol. The predicted molar refractivity (Wildman–Crippen MR) is 54.9 cm³/mol. The quantitative estimate of drug-likeness (QED) is 0.737. The number of rotatable bonds is 4. The Morgan fingerprint density at radius 2 is 2.07 bits per heavy atom. The van der Waals surface area contributed by atoms with Crippen molar-refractivity contribution in [1.29, 1.82) is 0 Å². The highest BCUT2D eigenvalue weighted by atomic mass is 16.5. The van der Waals surface area contributed by atoms with Gasteiger partial charge in [-0.2, -0.15) is 0 Å². The molecule has 3 heteroatoms. The van der Waals surface area contributed by atoms with Gasteiger partial charge in [0, 0.05) is 6.04 Å². The average Bonchev–Trinajstić information content (AvgIpc) is 2.26. The van der Waals surface area contributed by atoms with Crippen LogP contribution >= 0.6 is 0 Å². The van der Waals surface area contributed by atoms with E-state index in [4.69, 9.17) is 0 Å². The molecule has 0 saturated carbocycles. The molecule has 0 saturated heterocycles. The van der Waals surface area contributed by atoms with E-state index in [0.29, 0.717) is 6.42 Å². The molecule has 1 unspecified atom stereocenters. The Morgan fingerprint density at radius 1 is 1.43 bits per heavy atom. The first-order valence-electron chi connectivity index (χ1n) is 4.57. The number of carbonyl (C=O) groups excluding carboxylic acids is 1. The van der Waals surface area contributed by atoms with Gasteiger partial charge in [0.1, 0.15) is 0 Å². The third-order valence-electron chi connectivity index (χ3n) is 2.15. The van der Waals surface area contributed by atoms with Crippen LogP contribution in [0.2, 0.25) is 0 Å². The summed E-state index contributed by atoms with van der Waals surface area (Å²) in [5.74, 6) is -0.201. The third-order valence-corrected chi connectivity index (χ3v) is 2.15. The van der Waals surface area contributed by atoms with E-state index in [-0.39, 0.29) is 12.0 Å². The van der Waals surface area contributed by atoms with E-state index < -0.39 is 0 Å². The predicted octanol–water partition coefficient (Wildman–Crippen LogP) is 1.51. The van der Waals surface area contributed by atoms with Crippen LogP contribution in [0, 0.1) is 0 Å². The van der Waals surface area contributed by atoms with Crippen LogP contribution in [0.5, 0.6) is 0 Å². The maximum absolute atomic E-state index is 11.1. The van der Waals surface area contributed by atoms with Crippen molar-refractivity contribution >= 4 is 5.97 Å². The Bertz CT molecular complexity index is 285. The fourth-order valence-electron chi connectivity index (χ4n) is 1.32. The molecule has 0 aliphatic heterocycles. The van der Waals surface area contributed by atoms with E-state index in [2.05, 4.69) is 10.1 Å². The van der Waals surface area contributed by atoms with Crippen LogP contribution in [0.25, 0.3) is 0 Å². The lowest BCUT2D eigenvalue weighted by Crippen LogP contribution is -2.20. The molecule has 14 heavy (non-hydrogen) atoms. The fraction of sp³-hybridized carbons (Fsp3) is 0.364. The lowest BCUT2D eigenvalue weighted by Gasteiger charge is -2.14. The molecule has 0 bridgehead atoms. The van der Waals surface area contributed by atoms with Crippen LogP contribution in [0.1, 0.15) is 18.0 Å². The molecule has 1 aromatic carbocycles. The molecule has 1 N–H and O–H groups in total. The minimum Gasteiger partial charge on any atom is -0.469 e. The number of methoxy groups -OCH3 is 1. The van der Waals surface area contributed by atoms with Gasteiger partial charge in [-0.15, -0.1) is 0 Å². The van der Waals surface area contributed by atoms with Gasteiger partial charge in [0.2, 0.25) is 0 Å². The zero-order valence-electron chi connectivity index (χ0n) is 8.49. The van der Waals surface area contributed by atoms with Gasteiger partial charge in [-0.25, -0.2) is 0 Å². The second kappa shape index (κ2) is 5.40. The first-order valence-corrected chi connectivity index (χ1v) is 4.57. The van der Waals surface area contributed by atoms with Gasteiger partial charge in [0.05, 0.1) is 13.5 Å². The van der Waals surface area contributed by atoms with Gasteiger partial charge in [-0.05, 0) is 12.6 Å². The minimum absolute atomic E-state index is 0.0312.